The van der Waals surface area contributed by atoms with Crippen molar-refractivity contribution in [3.63, 3.8) is 0 Å². The second-order valence-corrected chi connectivity index (χ2v) is 24.7. The summed E-state index contributed by atoms with van der Waals surface area (Å²) < 4.78 is 58.0. The fraction of sp³-hybridized carbons (Fsp3) is 0.696. The maximum atomic E-state index is 16.9. The summed E-state index contributed by atoms with van der Waals surface area (Å²) in [6, 6.07) is 7.33. The zero-order valence-electron chi connectivity index (χ0n) is 35.2. The Morgan fingerprint density at radius 1 is 0.534 bits per heavy atom. The Morgan fingerprint density at radius 3 is 1.07 bits per heavy atom. The SMILES string of the molecule is CCOC(=O)C(C)Oc1c(Cl)ccc(P(=O)(C2CCCCC2)C2CCCCC2)c1-c1c(P(=O)(C2CCCCC2)C2CCCCC2)ccc(Cl)c1O[C@@H](C)C(=O)OCC. The number of carbonyl (C=O) groups excluding carboxylic acids is 2. The largest absolute Gasteiger partial charge is 0.477 e. The highest BCUT2D eigenvalue weighted by atomic mass is 35.5. The van der Waals surface area contributed by atoms with E-state index >= 15 is 9.13 Å². The van der Waals surface area contributed by atoms with E-state index in [1.54, 1.807) is 39.8 Å². The van der Waals surface area contributed by atoms with E-state index in [0.29, 0.717) is 21.7 Å². The van der Waals surface area contributed by atoms with Gasteiger partial charge in [-0.2, -0.15) is 0 Å². The summed E-state index contributed by atoms with van der Waals surface area (Å²) >= 11 is 14.5. The molecule has 0 saturated heterocycles. The Balaban J connectivity index is 1.75. The van der Waals surface area contributed by atoms with Gasteiger partial charge in [-0.05, 0) is 103 Å². The molecule has 6 rings (SSSR count). The van der Waals surface area contributed by atoms with Gasteiger partial charge < -0.3 is 28.1 Å². The van der Waals surface area contributed by atoms with Crippen LogP contribution < -0.4 is 20.1 Å². The lowest BCUT2D eigenvalue weighted by atomic mass is 9.99. The van der Waals surface area contributed by atoms with E-state index < -0.39 is 38.4 Å². The van der Waals surface area contributed by atoms with Gasteiger partial charge in [0.05, 0.1) is 23.3 Å². The highest BCUT2D eigenvalue weighted by Gasteiger charge is 2.49. The van der Waals surface area contributed by atoms with Gasteiger partial charge in [0.15, 0.2) is 12.2 Å². The number of rotatable bonds is 15. The Hall–Kier alpha value is -1.98. The zero-order valence-corrected chi connectivity index (χ0v) is 38.5. The van der Waals surface area contributed by atoms with Crippen LogP contribution >= 0.6 is 37.5 Å². The van der Waals surface area contributed by atoms with Gasteiger partial charge >= 0.3 is 11.9 Å². The summed E-state index contributed by atoms with van der Waals surface area (Å²) in [7, 11) is -6.64. The smallest absolute Gasteiger partial charge is 0.347 e. The summed E-state index contributed by atoms with van der Waals surface area (Å²) in [6.07, 6.45) is 17.0. The van der Waals surface area contributed by atoms with Crippen LogP contribution in [0.4, 0.5) is 0 Å². The number of ether oxygens (including phenoxy) is 4. The van der Waals surface area contributed by atoms with Gasteiger partial charge in [-0.15, -0.1) is 0 Å². The lowest BCUT2D eigenvalue weighted by molar-refractivity contribution is -0.151. The Bertz CT molecular complexity index is 1650. The van der Waals surface area contributed by atoms with Crippen molar-refractivity contribution in [1.82, 2.24) is 0 Å². The molecule has 2 aromatic rings. The fourth-order valence-electron chi connectivity index (χ4n) is 10.6. The second kappa shape index (κ2) is 20.7. The molecule has 0 aliphatic heterocycles. The van der Waals surface area contributed by atoms with Crippen LogP contribution in [0.25, 0.3) is 11.1 Å². The average molecular weight is 880 g/mol. The van der Waals surface area contributed by atoms with Gasteiger partial charge in [-0.25, -0.2) is 9.59 Å². The van der Waals surface area contributed by atoms with Gasteiger partial charge in [0, 0.05) is 44.4 Å². The first-order valence-corrected chi connectivity index (χ1v) is 26.9. The normalized spacial score (nSPS) is 20.6. The number of hydrogen-bond donors (Lipinski definition) is 0. The van der Waals surface area contributed by atoms with E-state index in [1.165, 1.54) is 0 Å². The van der Waals surface area contributed by atoms with Crippen molar-refractivity contribution in [3.05, 3.63) is 34.3 Å². The number of carbonyl (C=O) groups is 2. The monoisotopic (exact) mass is 878 g/mol. The summed E-state index contributed by atoms with van der Waals surface area (Å²) in [4.78, 5) is 26.7. The predicted molar refractivity (Wildman–Crippen MR) is 237 cm³/mol. The van der Waals surface area contributed by atoms with E-state index in [0.717, 1.165) is 128 Å². The van der Waals surface area contributed by atoms with Crippen LogP contribution in [0.3, 0.4) is 0 Å². The van der Waals surface area contributed by atoms with Crippen molar-refractivity contribution < 1.29 is 37.7 Å². The third-order valence-electron chi connectivity index (χ3n) is 13.5. The standard InChI is InChI=1S/C46H66Cl2O8P2/c1-5-53-45(49)31(3)55-43-37(47)27-29-39(57(51,33-19-11-7-12-20-33)34-21-13-8-14-22-34)41(43)42-40(30-28-38(48)44(42)56-32(4)46(50)54-6-2)58(52,35-23-15-9-16-24-35)36-25-17-10-18-26-36/h27-36H,5-26H2,1-4H3/t31-,32?/m0/s1. The van der Waals surface area contributed by atoms with Crippen LogP contribution in [0.1, 0.15) is 156 Å². The number of esters is 2. The first-order chi connectivity index (χ1) is 28.0. The molecular weight excluding hydrogens is 813 g/mol. The molecule has 4 saturated carbocycles. The maximum absolute atomic E-state index is 16.9. The Labute approximate surface area is 357 Å². The molecule has 322 valence electrons. The molecular formula is C46H66Cl2O8P2. The van der Waals surface area contributed by atoms with Gasteiger partial charge in [0.2, 0.25) is 0 Å². The Kier molecular flexibility index (Phi) is 16.3. The van der Waals surface area contributed by atoms with Gasteiger partial charge in [-0.3, -0.25) is 0 Å². The lowest BCUT2D eigenvalue weighted by Gasteiger charge is -2.41. The lowest BCUT2D eigenvalue weighted by Crippen LogP contribution is -2.34. The quantitative estimate of drug-likeness (QED) is 0.129. The van der Waals surface area contributed by atoms with Crippen molar-refractivity contribution in [2.45, 2.75) is 191 Å². The summed E-state index contributed by atoms with van der Waals surface area (Å²) in [5.74, 6) is -0.789. The van der Waals surface area contributed by atoms with Crippen LogP contribution in [0.5, 0.6) is 11.5 Å². The minimum Gasteiger partial charge on any atom is -0.477 e. The Morgan fingerprint density at radius 2 is 0.810 bits per heavy atom. The van der Waals surface area contributed by atoms with Crippen molar-refractivity contribution in [2.24, 2.45) is 0 Å². The maximum Gasteiger partial charge on any atom is 0.347 e. The highest BCUT2D eigenvalue weighted by Crippen LogP contribution is 2.67. The molecule has 0 spiro atoms. The van der Waals surface area contributed by atoms with Crippen molar-refractivity contribution in [3.8, 4) is 22.6 Å². The molecule has 0 bridgehead atoms. The van der Waals surface area contributed by atoms with Gasteiger partial charge in [0.1, 0.15) is 25.8 Å². The van der Waals surface area contributed by atoms with Crippen molar-refractivity contribution >= 4 is 60.0 Å². The summed E-state index contributed by atoms with van der Waals surface area (Å²) in [5, 5.41) is 1.68. The van der Waals surface area contributed by atoms with E-state index in [1.807, 2.05) is 12.1 Å². The molecule has 0 amide bonds. The van der Waals surface area contributed by atoms with Crippen molar-refractivity contribution in [2.75, 3.05) is 13.2 Å². The van der Waals surface area contributed by atoms with E-state index in [2.05, 4.69) is 0 Å². The van der Waals surface area contributed by atoms with E-state index in [-0.39, 0.29) is 57.4 Å². The molecule has 2 atom stereocenters. The van der Waals surface area contributed by atoms with Crippen molar-refractivity contribution in [1.29, 1.82) is 0 Å². The fourth-order valence-corrected chi connectivity index (χ4v) is 20.0. The topological polar surface area (TPSA) is 105 Å². The summed E-state index contributed by atoms with van der Waals surface area (Å²) in [6.45, 7) is 7.07. The molecule has 0 aromatic heterocycles. The van der Waals surface area contributed by atoms with E-state index in [4.69, 9.17) is 42.1 Å². The number of benzene rings is 2. The first kappa shape index (κ1) is 45.5. The van der Waals surface area contributed by atoms with Crippen LogP contribution in [0.2, 0.25) is 10.0 Å². The van der Waals surface area contributed by atoms with E-state index in [9.17, 15) is 9.59 Å². The molecule has 0 heterocycles. The van der Waals surface area contributed by atoms with Crippen LogP contribution in [0.15, 0.2) is 24.3 Å². The third-order valence-corrected chi connectivity index (χ3v) is 22.7. The molecule has 2 aromatic carbocycles. The molecule has 8 nitrogen and oxygen atoms in total. The molecule has 4 fully saturated rings. The zero-order chi connectivity index (χ0) is 41.5. The molecule has 0 radical (unpaired) electrons. The number of hydrogen-bond acceptors (Lipinski definition) is 8. The van der Waals surface area contributed by atoms with Crippen LogP contribution in [0, 0.1) is 0 Å². The second-order valence-electron chi connectivity index (χ2n) is 17.2. The van der Waals surface area contributed by atoms with Crippen LogP contribution in [-0.2, 0) is 28.2 Å². The molecule has 0 N–H and O–H groups in total. The third kappa shape index (κ3) is 9.56. The minimum atomic E-state index is -3.32. The first-order valence-electron chi connectivity index (χ1n) is 22.5. The predicted octanol–water partition coefficient (Wildman–Crippen LogP) is 12.6. The van der Waals surface area contributed by atoms with Crippen LogP contribution in [-0.4, -0.2) is 60.0 Å². The molecule has 4 aliphatic carbocycles. The molecule has 58 heavy (non-hydrogen) atoms. The molecule has 4 aliphatic rings. The molecule has 1 unspecified atom stereocenters. The summed E-state index contributed by atoms with van der Waals surface area (Å²) in [5.41, 5.74) is 0.612. The van der Waals surface area contributed by atoms with Gasteiger partial charge in [0.25, 0.3) is 0 Å². The number of halogens is 2. The highest BCUT2D eigenvalue weighted by molar-refractivity contribution is 7.74. The van der Waals surface area contributed by atoms with Gasteiger partial charge in [-0.1, -0.05) is 100 Å². The average Bonchev–Trinajstić information content (AvgIpc) is 3.25. The molecule has 12 heteroatoms. The minimum absolute atomic E-state index is 0.0615.